The number of carbonyl (C=O) groups excluding carboxylic acids is 1. The Kier molecular flexibility index (Phi) is 3.15. The fourth-order valence-corrected chi connectivity index (χ4v) is 4.68. The summed E-state index contributed by atoms with van der Waals surface area (Å²) in [5.41, 5.74) is 0.105. The van der Waals surface area contributed by atoms with Crippen LogP contribution in [0.15, 0.2) is 24.3 Å². The van der Waals surface area contributed by atoms with Gasteiger partial charge in [-0.15, -0.1) is 0 Å². The summed E-state index contributed by atoms with van der Waals surface area (Å²) < 4.78 is 6.23. The van der Waals surface area contributed by atoms with Crippen molar-refractivity contribution in [3.8, 4) is 5.75 Å². The second-order valence-electron chi connectivity index (χ2n) is 7.09. The summed E-state index contributed by atoms with van der Waals surface area (Å²) >= 11 is 0. The van der Waals surface area contributed by atoms with Crippen LogP contribution in [0.4, 0.5) is 0 Å². The number of carboxylic acids is 1. The lowest BCUT2D eigenvalue weighted by molar-refractivity contribution is -0.186. The molecule has 3 atom stereocenters. The van der Waals surface area contributed by atoms with Crippen molar-refractivity contribution in [1.29, 1.82) is 0 Å². The molecule has 1 N–H and O–H groups in total. The van der Waals surface area contributed by atoms with Gasteiger partial charge in [0, 0.05) is 18.4 Å². The molecule has 2 fully saturated rings. The van der Waals surface area contributed by atoms with Crippen molar-refractivity contribution < 1.29 is 19.4 Å². The van der Waals surface area contributed by atoms with Crippen molar-refractivity contribution in [3.05, 3.63) is 29.8 Å². The number of fused-ring (bicyclic) bond motifs is 4. The summed E-state index contributed by atoms with van der Waals surface area (Å²) in [5, 5.41) is 9.70. The van der Waals surface area contributed by atoms with Gasteiger partial charge in [0.25, 0.3) is 0 Å². The van der Waals surface area contributed by atoms with E-state index in [0.717, 1.165) is 31.2 Å². The van der Waals surface area contributed by atoms with E-state index in [1.165, 1.54) is 0 Å². The molecular weight excluding hydrogens is 294 g/mol. The summed E-state index contributed by atoms with van der Waals surface area (Å²) in [6.07, 6.45) is 4.58. The standard InChI is InChI=1S/C18H21NO4/c1-18-10-13(12-8-4-5-9-14(12)23-18)15(17(21)22)16(20)19(18)11-6-2-3-7-11/h4-5,8-9,11,13,15H,2-3,6-7,10H2,1H3,(H,21,22)/t13-,15-,18-/m0/s1. The summed E-state index contributed by atoms with van der Waals surface area (Å²) in [7, 11) is 0. The molecule has 1 aliphatic carbocycles. The third-order valence-electron chi connectivity index (χ3n) is 5.62. The maximum absolute atomic E-state index is 13.0. The second-order valence-corrected chi connectivity index (χ2v) is 7.09. The molecule has 0 unspecified atom stereocenters. The van der Waals surface area contributed by atoms with E-state index in [1.807, 2.05) is 31.2 Å². The first-order valence-electron chi connectivity index (χ1n) is 8.35. The van der Waals surface area contributed by atoms with E-state index in [4.69, 9.17) is 4.74 Å². The Morgan fingerprint density at radius 1 is 1.30 bits per heavy atom. The maximum atomic E-state index is 13.0. The molecule has 122 valence electrons. The Labute approximate surface area is 135 Å². The van der Waals surface area contributed by atoms with Crippen LogP contribution < -0.4 is 4.74 Å². The first kappa shape index (κ1) is 14.5. The van der Waals surface area contributed by atoms with Gasteiger partial charge < -0.3 is 14.7 Å². The predicted octanol–water partition coefficient (Wildman–Crippen LogP) is 2.75. The van der Waals surface area contributed by atoms with Crippen molar-refractivity contribution in [3.63, 3.8) is 0 Å². The number of ether oxygens (including phenoxy) is 1. The number of benzene rings is 1. The minimum atomic E-state index is -1.03. The molecule has 1 aromatic rings. The first-order valence-corrected chi connectivity index (χ1v) is 8.35. The molecule has 1 amide bonds. The highest BCUT2D eigenvalue weighted by Crippen LogP contribution is 2.51. The zero-order chi connectivity index (χ0) is 16.2. The number of carboxylic acid groups (broad SMARTS) is 1. The van der Waals surface area contributed by atoms with Gasteiger partial charge in [0.1, 0.15) is 11.7 Å². The van der Waals surface area contributed by atoms with Gasteiger partial charge in [-0.2, -0.15) is 0 Å². The quantitative estimate of drug-likeness (QED) is 0.852. The van der Waals surface area contributed by atoms with Gasteiger partial charge in [-0.3, -0.25) is 9.59 Å². The fraction of sp³-hybridized carbons (Fsp3) is 0.556. The zero-order valence-electron chi connectivity index (χ0n) is 13.2. The third kappa shape index (κ3) is 2.06. The molecule has 0 radical (unpaired) electrons. The number of hydrogen-bond donors (Lipinski definition) is 1. The van der Waals surface area contributed by atoms with Crippen LogP contribution in [-0.4, -0.2) is 33.6 Å². The number of aliphatic carboxylic acids is 1. The van der Waals surface area contributed by atoms with E-state index in [1.54, 1.807) is 4.90 Å². The van der Waals surface area contributed by atoms with Gasteiger partial charge in [0.2, 0.25) is 5.91 Å². The highest BCUT2D eigenvalue weighted by molar-refractivity contribution is 5.99. The SMILES string of the molecule is C[C@@]12C[C@@H](c3ccccc3O1)[C@H](C(=O)O)C(=O)N2C1CCCC1. The highest BCUT2D eigenvalue weighted by Gasteiger charge is 2.58. The number of hydrogen-bond acceptors (Lipinski definition) is 3. The lowest BCUT2D eigenvalue weighted by Crippen LogP contribution is -2.66. The average Bonchev–Trinajstić information content (AvgIpc) is 2.99. The summed E-state index contributed by atoms with van der Waals surface area (Å²) in [6.45, 7) is 1.93. The molecule has 0 aromatic heterocycles. The second kappa shape index (κ2) is 4.98. The molecule has 2 bridgehead atoms. The molecule has 1 aromatic carbocycles. The number of amides is 1. The normalized spacial score (nSPS) is 33.3. The van der Waals surface area contributed by atoms with Gasteiger partial charge in [-0.05, 0) is 31.4 Å². The van der Waals surface area contributed by atoms with Crippen LogP contribution in [0.1, 0.15) is 50.5 Å². The van der Waals surface area contributed by atoms with Crippen LogP contribution in [0.3, 0.4) is 0 Å². The number of rotatable bonds is 2. The van der Waals surface area contributed by atoms with Crippen molar-refractivity contribution in [1.82, 2.24) is 4.90 Å². The number of likely N-dealkylation sites (tertiary alicyclic amines) is 1. The van der Waals surface area contributed by atoms with Crippen LogP contribution in [0, 0.1) is 5.92 Å². The molecule has 3 aliphatic rings. The van der Waals surface area contributed by atoms with Crippen LogP contribution >= 0.6 is 0 Å². The van der Waals surface area contributed by atoms with Gasteiger partial charge in [-0.1, -0.05) is 31.0 Å². The molecule has 5 nitrogen and oxygen atoms in total. The number of carbonyl (C=O) groups is 2. The van der Waals surface area contributed by atoms with E-state index >= 15 is 0 Å². The third-order valence-corrected chi connectivity index (χ3v) is 5.62. The minimum absolute atomic E-state index is 0.0977. The summed E-state index contributed by atoms with van der Waals surface area (Å²) in [5.74, 6) is -1.91. The fourth-order valence-electron chi connectivity index (χ4n) is 4.68. The zero-order valence-corrected chi connectivity index (χ0v) is 13.2. The molecule has 23 heavy (non-hydrogen) atoms. The lowest BCUT2D eigenvalue weighted by Gasteiger charge is -2.54. The number of para-hydroxylation sites is 1. The van der Waals surface area contributed by atoms with E-state index in [9.17, 15) is 14.7 Å². The van der Waals surface area contributed by atoms with Crippen LogP contribution in [-0.2, 0) is 9.59 Å². The lowest BCUT2D eigenvalue weighted by atomic mass is 9.73. The van der Waals surface area contributed by atoms with Crippen LogP contribution in [0.25, 0.3) is 0 Å². The van der Waals surface area contributed by atoms with Crippen molar-refractivity contribution in [2.75, 3.05) is 0 Å². The molecule has 5 heteroatoms. The molecular formula is C18H21NO4. The van der Waals surface area contributed by atoms with Crippen molar-refractivity contribution >= 4 is 11.9 Å². The Morgan fingerprint density at radius 2 is 2.00 bits per heavy atom. The van der Waals surface area contributed by atoms with Crippen LogP contribution in [0.2, 0.25) is 0 Å². The summed E-state index contributed by atoms with van der Waals surface area (Å²) in [4.78, 5) is 26.7. The van der Waals surface area contributed by atoms with Gasteiger partial charge in [-0.25, -0.2) is 0 Å². The van der Waals surface area contributed by atoms with E-state index in [-0.39, 0.29) is 17.9 Å². The largest absolute Gasteiger partial charge is 0.481 e. The number of nitrogens with zero attached hydrogens (tertiary/aromatic N) is 1. The van der Waals surface area contributed by atoms with E-state index in [0.29, 0.717) is 12.2 Å². The Hall–Kier alpha value is -2.04. The number of piperidine rings is 1. The Bertz CT molecular complexity index is 667. The Balaban J connectivity index is 1.83. The molecule has 1 saturated carbocycles. The van der Waals surface area contributed by atoms with Gasteiger partial charge >= 0.3 is 5.97 Å². The highest BCUT2D eigenvalue weighted by atomic mass is 16.5. The molecule has 2 aliphatic heterocycles. The smallest absolute Gasteiger partial charge is 0.316 e. The molecule has 4 rings (SSSR count). The predicted molar refractivity (Wildman–Crippen MR) is 83.1 cm³/mol. The topological polar surface area (TPSA) is 66.8 Å². The first-order chi connectivity index (χ1) is 11.0. The molecule has 1 saturated heterocycles. The summed E-state index contributed by atoms with van der Waals surface area (Å²) in [6, 6.07) is 7.62. The molecule has 2 heterocycles. The van der Waals surface area contributed by atoms with Crippen molar-refractivity contribution in [2.45, 2.75) is 56.7 Å². The average molecular weight is 315 g/mol. The Morgan fingerprint density at radius 3 is 2.70 bits per heavy atom. The van der Waals surface area contributed by atoms with Gasteiger partial charge in [0.15, 0.2) is 5.72 Å². The van der Waals surface area contributed by atoms with E-state index in [2.05, 4.69) is 0 Å². The van der Waals surface area contributed by atoms with E-state index < -0.39 is 17.6 Å². The maximum Gasteiger partial charge on any atom is 0.316 e. The van der Waals surface area contributed by atoms with Crippen LogP contribution in [0.5, 0.6) is 5.75 Å². The molecule has 0 spiro atoms. The van der Waals surface area contributed by atoms with Crippen molar-refractivity contribution in [2.24, 2.45) is 5.92 Å². The monoisotopic (exact) mass is 315 g/mol. The minimum Gasteiger partial charge on any atom is -0.481 e. The van der Waals surface area contributed by atoms with Gasteiger partial charge in [0.05, 0.1) is 0 Å².